The van der Waals surface area contributed by atoms with Crippen LogP contribution >= 0.6 is 35.3 Å². The fourth-order valence-corrected chi connectivity index (χ4v) is 4.37. The molecule has 0 amide bonds. The molecule has 0 aliphatic rings. The minimum absolute atomic E-state index is 0. The number of hydrogen-bond acceptors (Lipinski definition) is 5. The number of guanidine groups is 1. The predicted molar refractivity (Wildman–Crippen MR) is 134 cm³/mol. The molecule has 0 saturated heterocycles. The van der Waals surface area contributed by atoms with E-state index in [1.54, 1.807) is 13.1 Å². The first-order valence-corrected chi connectivity index (χ1v) is 12.0. The molecule has 2 aromatic rings. The van der Waals surface area contributed by atoms with Crippen LogP contribution < -0.4 is 20.5 Å². The molecule has 4 N–H and O–H groups in total. The fraction of sp³-hybridized carbons (Fsp3) is 0.450. The Morgan fingerprint density at radius 1 is 1.17 bits per heavy atom. The number of hydrogen-bond donors (Lipinski definition) is 3. The molecule has 0 saturated carbocycles. The first-order valence-electron chi connectivity index (χ1n) is 9.62. The quantitative estimate of drug-likeness (QED) is 0.176. The van der Waals surface area contributed by atoms with Gasteiger partial charge in [0.2, 0.25) is 10.0 Å². The number of rotatable bonds is 10. The molecule has 168 valence electrons. The molecule has 0 radical (unpaired) electrons. The third-order valence-corrected chi connectivity index (χ3v) is 6.77. The van der Waals surface area contributed by atoms with Crippen LogP contribution in [0.3, 0.4) is 0 Å². The Morgan fingerprint density at radius 3 is 2.53 bits per heavy atom. The van der Waals surface area contributed by atoms with E-state index in [4.69, 9.17) is 9.88 Å². The Morgan fingerprint density at radius 2 is 1.90 bits per heavy atom. The second-order valence-corrected chi connectivity index (χ2v) is 9.67. The summed E-state index contributed by atoms with van der Waals surface area (Å²) >= 11 is 1.15. The van der Waals surface area contributed by atoms with E-state index in [0.717, 1.165) is 52.4 Å². The second kappa shape index (κ2) is 13.1. The molecular weight excluding hydrogens is 535 g/mol. The van der Waals surface area contributed by atoms with E-state index in [1.165, 1.54) is 6.07 Å². The summed E-state index contributed by atoms with van der Waals surface area (Å²) in [6.45, 7) is 5.95. The molecule has 7 nitrogen and oxygen atoms in total. The highest BCUT2D eigenvalue weighted by atomic mass is 127. The number of primary sulfonamides is 1. The van der Waals surface area contributed by atoms with Crippen LogP contribution in [-0.4, -0.2) is 28.0 Å². The number of nitrogens with two attached hydrogens (primary N) is 1. The summed E-state index contributed by atoms with van der Waals surface area (Å²) in [7, 11) is -1.97. The molecule has 0 unspecified atom stereocenters. The van der Waals surface area contributed by atoms with Crippen molar-refractivity contribution in [2.24, 2.45) is 10.1 Å². The van der Waals surface area contributed by atoms with E-state index in [9.17, 15) is 8.42 Å². The number of aliphatic imine (C=N–C) groups is 1. The summed E-state index contributed by atoms with van der Waals surface area (Å²) in [5.74, 6) is 1.51. The number of nitrogens with one attached hydrogen (secondary N) is 2. The van der Waals surface area contributed by atoms with Crippen molar-refractivity contribution in [2.75, 3.05) is 13.7 Å². The normalized spacial score (nSPS) is 11.7. The minimum Gasteiger partial charge on any atom is -0.493 e. The van der Waals surface area contributed by atoms with Gasteiger partial charge in [-0.25, -0.2) is 13.6 Å². The number of ether oxygens (including phenoxy) is 1. The minimum atomic E-state index is -3.66. The van der Waals surface area contributed by atoms with Crippen molar-refractivity contribution in [1.82, 2.24) is 10.6 Å². The smallest absolute Gasteiger partial charge is 0.247 e. The van der Waals surface area contributed by atoms with Crippen LogP contribution in [0.4, 0.5) is 0 Å². The average Bonchev–Trinajstić information content (AvgIpc) is 3.16. The molecule has 0 spiro atoms. The van der Waals surface area contributed by atoms with E-state index < -0.39 is 10.0 Å². The molecule has 1 aromatic heterocycles. The van der Waals surface area contributed by atoms with Gasteiger partial charge in [0.05, 0.1) is 13.2 Å². The first kappa shape index (κ1) is 26.7. The maximum absolute atomic E-state index is 11.4. The van der Waals surface area contributed by atoms with Gasteiger partial charge < -0.3 is 15.4 Å². The summed E-state index contributed by atoms with van der Waals surface area (Å²) < 4.78 is 28.9. The van der Waals surface area contributed by atoms with Gasteiger partial charge in [0.1, 0.15) is 9.96 Å². The maximum atomic E-state index is 11.4. The highest BCUT2D eigenvalue weighted by molar-refractivity contribution is 14.0. The topological polar surface area (TPSA) is 106 Å². The highest BCUT2D eigenvalue weighted by Crippen LogP contribution is 2.21. The van der Waals surface area contributed by atoms with Crippen LogP contribution in [0.5, 0.6) is 5.75 Å². The van der Waals surface area contributed by atoms with E-state index >= 15 is 0 Å². The first-order chi connectivity index (χ1) is 13.8. The van der Waals surface area contributed by atoms with Gasteiger partial charge in [-0.15, -0.1) is 35.3 Å². The summed E-state index contributed by atoms with van der Waals surface area (Å²) in [5, 5.41) is 11.6. The summed E-state index contributed by atoms with van der Waals surface area (Å²) in [6, 6.07) is 9.43. The predicted octanol–water partition coefficient (Wildman–Crippen LogP) is 3.76. The third-order valence-electron chi connectivity index (χ3n) is 4.25. The van der Waals surface area contributed by atoms with E-state index in [0.29, 0.717) is 25.7 Å². The average molecular weight is 567 g/mol. The van der Waals surface area contributed by atoms with Crippen molar-refractivity contribution in [1.29, 1.82) is 0 Å². The van der Waals surface area contributed by atoms with E-state index in [2.05, 4.69) is 40.7 Å². The number of unbranched alkanes of at least 4 members (excludes halogenated alkanes) is 2. The molecule has 1 aromatic carbocycles. The number of aryl methyl sites for hydroxylation is 1. The monoisotopic (exact) mass is 566 g/mol. The fourth-order valence-electron chi connectivity index (χ4n) is 2.65. The third kappa shape index (κ3) is 8.78. The van der Waals surface area contributed by atoms with Gasteiger partial charge in [0, 0.05) is 24.0 Å². The summed E-state index contributed by atoms with van der Waals surface area (Å²) in [5.41, 5.74) is 2.22. The van der Waals surface area contributed by atoms with Gasteiger partial charge in [-0.1, -0.05) is 31.9 Å². The second-order valence-electron chi connectivity index (χ2n) is 6.71. The molecule has 0 fully saturated rings. The lowest BCUT2D eigenvalue weighted by Crippen LogP contribution is -2.36. The van der Waals surface area contributed by atoms with Gasteiger partial charge in [0.15, 0.2) is 5.96 Å². The highest BCUT2D eigenvalue weighted by Gasteiger charge is 2.11. The van der Waals surface area contributed by atoms with Crippen LogP contribution in [0.1, 0.15) is 42.2 Å². The van der Waals surface area contributed by atoms with Gasteiger partial charge in [-0.05, 0) is 37.1 Å². The number of benzene rings is 1. The molecule has 30 heavy (non-hydrogen) atoms. The zero-order valence-corrected chi connectivity index (χ0v) is 21.6. The standard InChI is InChI=1S/C20H30N4O3S2.HI/c1-4-5-6-11-27-18-12-15(2)7-8-16(18)13-23-20(22-3)24-14-17-9-10-19(28-17)29(21,25)26;/h7-10,12H,4-6,11,13-14H2,1-3H3,(H2,21,25,26)(H2,22,23,24);1H. The Hall–Kier alpha value is -1.37. The molecule has 0 aliphatic carbocycles. The van der Waals surface area contributed by atoms with E-state index in [1.807, 2.05) is 6.92 Å². The SMILES string of the molecule is CCCCCOc1cc(C)ccc1CNC(=NC)NCc1ccc(S(N)(=O)=O)s1.I. The van der Waals surface area contributed by atoms with Crippen molar-refractivity contribution >= 4 is 51.3 Å². The van der Waals surface area contributed by atoms with Gasteiger partial charge >= 0.3 is 0 Å². The molecule has 10 heteroatoms. The van der Waals surface area contributed by atoms with Crippen molar-refractivity contribution < 1.29 is 13.2 Å². The Labute approximate surface area is 200 Å². The lowest BCUT2D eigenvalue weighted by atomic mass is 10.1. The maximum Gasteiger partial charge on any atom is 0.247 e. The van der Waals surface area contributed by atoms with E-state index in [-0.39, 0.29) is 28.2 Å². The Bertz CT molecular complexity index is 930. The van der Waals surface area contributed by atoms with Crippen LogP contribution in [0.2, 0.25) is 0 Å². The summed E-state index contributed by atoms with van der Waals surface area (Å²) in [6.07, 6.45) is 3.37. The van der Waals surface area contributed by atoms with Crippen LogP contribution in [0, 0.1) is 6.92 Å². The molecule has 2 rings (SSSR count). The van der Waals surface area contributed by atoms with Crippen LogP contribution in [0.15, 0.2) is 39.5 Å². The van der Waals surface area contributed by atoms with Crippen LogP contribution in [-0.2, 0) is 23.1 Å². The van der Waals surface area contributed by atoms with Crippen molar-refractivity contribution in [2.45, 2.75) is 50.4 Å². The molecule has 0 bridgehead atoms. The van der Waals surface area contributed by atoms with Crippen molar-refractivity contribution in [3.63, 3.8) is 0 Å². The molecule has 0 atom stereocenters. The number of thiophene rings is 1. The number of halogens is 1. The Balaban J connectivity index is 0.00000450. The van der Waals surface area contributed by atoms with Gasteiger partial charge in [-0.3, -0.25) is 4.99 Å². The molecule has 0 aliphatic heterocycles. The number of sulfonamides is 1. The molecular formula is C20H31IN4O3S2. The Kier molecular flexibility index (Phi) is 11.7. The largest absolute Gasteiger partial charge is 0.493 e. The summed E-state index contributed by atoms with van der Waals surface area (Å²) in [4.78, 5) is 5.08. The number of nitrogens with zero attached hydrogens (tertiary/aromatic N) is 1. The van der Waals surface area contributed by atoms with Crippen molar-refractivity contribution in [3.8, 4) is 5.75 Å². The lowest BCUT2D eigenvalue weighted by molar-refractivity contribution is 0.303. The zero-order valence-electron chi connectivity index (χ0n) is 17.6. The van der Waals surface area contributed by atoms with Gasteiger partial charge in [-0.2, -0.15) is 0 Å². The van der Waals surface area contributed by atoms with Crippen LogP contribution in [0.25, 0.3) is 0 Å². The van der Waals surface area contributed by atoms with Gasteiger partial charge in [0.25, 0.3) is 0 Å². The zero-order chi connectivity index (χ0) is 21.3. The van der Waals surface area contributed by atoms with Crippen molar-refractivity contribution in [3.05, 3.63) is 46.3 Å². The lowest BCUT2D eigenvalue weighted by Gasteiger charge is -2.15. The molecule has 1 heterocycles.